The molecule has 0 radical (unpaired) electrons. The van der Waals surface area contributed by atoms with Gasteiger partial charge in [-0.25, -0.2) is 4.39 Å². The third kappa shape index (κ3) is 4.04. The van der Waals surface area contributed by atoms with E-state index in [-0.39, 0.29) is 5.91 Å². The Hall–Kier alpha value is -0.170. The van der Waals surface area contributed by atoms with Gasteiger partial charge in [0.2, 0.25) is 0 Å². The Morgan fingerprint density at radius 1 is 1.77 bits per heavy atom. The Bertz CT molecular complexity index is 210. The number of hydrogen-bond donors (Lipinski definition) is 1. The van der Waals surface area contributed by atoms with Crippen LogP contribution in [0.25, 0.3) is 0 Å². The number of nitrogens with zero attached hydrogens (tertiary/aromatic N) is 1. The van der Waals surface area contributed by atoms with E-state index in [9.17, 15) is 9.18 Å². The van der Waals surface area contributed by atoms with E-state index in [4.69, 9.17) is 0 Å². The summed E-state index contributed by atoms with van der Waals surface area (Å²) in [7, 11) is 0. The zero-order valence-electron chi connectivity index (χ0n) is 7.17. The molecule has 1 heterocycles. The van der Waals surface area contributed by atoms with Gasteiger partial charge >= 0.3 is 0 Å². The van der Waals surface area contributed by atoms with Crippen LogP contribution in [0, 0.1) is 0 Å². The maximum absolute atomic E-state index is 12.7. The Labute approximate surface area is 90.9 Å². The molecule has 1 aliphatic rings. The minimum atomic E-state index is -0.688. The van der Waals surface area contributed by atoms with Gasteiger partial charge in [0, 0.05) is 25.7 Å². The molecule has 0 spiro atoms. The number of alkyl halides is 1. The molecule has 1 unspecified atom stereocenters. The number of nitrogens with one attached hydrogen (secondary N) is 1. The first-order valence-electron chi connectivity index (χ1n) is 4.16. The zero-order chi connectivity index (χ0) is 9.68. The van der Waals surface area contributed by atoms with Crippen molar-refractivity contribution in [1.29, 1.82) is 0 Å². The molecule has 0 bridgehead atoms. The lowest BCUT2D eigenvalue weighted by atomic mass is 10.3. The summed E-state index contributed by atoms with van der Waals surface area (Å²) >= 11 is 1.78. The highest BCUT2D eigenvalue weighted by Gasteiger charge is 2.19. The molecule has 0 aliphatic carbocycles. The molecule has 1 fully saturated rings. The van der Waals surface area contributed by atoms with Crippen molar-refractivity contribution in [2.75, 3.05) is 19.6 Å². The zero-order valence-corrected chi connectivity index (χ0v) is 9.33. The summed E-state index contributed by atoms with van der Waals surface area (Å²) in [4.78, 5) is 12.7. The Morgan fingerprint density at radius 2 is 2.54 bits per heavy atom. The Kier molecular flexibility index (Phi) is 4.65. The maximum Gasteiger partial charge on any atom is 0.252 e. The van der Waals surface area contributed by atoms with Crippen molar-refractivity contribution in [2.45, 2.75) is 12.6 Å². The second-order valence-electron chi connectivity index (χ2n) is 3.01. The molecule has 0 aromatic rings. The molecule has 1 atom stereocenters. The summed E-state index contributed by atoms with van der Waals surface area (Å²) in [6.07, 6.45) is 3.16. The van der Waals surface area contributed by atoms with Gasteiger partial charge in [-0.3, -0.25) is 13.2 Å². The Balaban J connectivity index is 2.19. The Morgan fingerprint density at radius 3 is 3.08 bits per heavy atom. The molecule has 0 aromatic heterocycles. The van der Waals surface area contributed by atoms with Crippen LogP contribution in [0.4, 0.5) is 4.39 Å². The lowest BCUT2D eigenvalue weighted by Crippen LogP contribution is -2.21. The van der Waals surface area contributed by atoms with Crippen LogP contribution in [-0.4, -0.2) is 36.6 Å². The standard InChI is InChI=1S/C8H12FIN2O/c9-7-3-5-12(6-7)4-1-2-8(13)11-10/h1-2,7H,3-6H2,(H,11,13)/b2-1+. The van der Waals surface area contributed by atoms with E-state index in [1.54, 1.807) is 28.9 Å². The summed E-state index contributed by atoms with van der Waals surface area (Å²) in [6.45, 7) is 1.94. The molecular weight excluding hydrogens is 286 g/mol. The SMILES string of the molecule is O=C(/C=C/CN1CCC(F)C1)NI. The van der Waals surface area contributed by atoms with E-state index in [0.717, 1.165) is 6.54 Å². The maximum atomic E-state index is 12.7. The number of carbonyl (C=O) groups excluding carboxylic acids is 1. The van der Waals surface area contributed by atoms with Crippen LogP contribution in [0.3, 0.4) is 0 Å². The normalized spacial score (nSPS) is 24.0. The average Bonchev–Trinajstić information content (AvgIpc) is 2.51. The molecule has 1 saturated heterocycles. The first kappa shape index (κ1) is 10.9. The summed E-state index contributed by atoms with van der Waals surface area (Å²) in [5.74, 6) is -0.128. The van der Waals surface area contributed by atoms with Gasteiger partial charge in [-0.15, -0.1) is 0 Å². The van der Waals surface area contributed by atoms with Crippen LogP contribution in [0.15, 0.2) is 12.2 Å². The lowest BCUT2D eigenvalue weighted by molar-refractivity contribution is -0.114. The van der Waals surface area contributed by atoms with Crippen LogP contribution in [0.2, 0.25) is 0 Å². The topological polar surface area (TPSA) is 32.3 Å². The second-order valence-corrected chi connectivity index (χ2v) is 3.55. The van der Waals surface area contributed by atoms with E-state index >= 15 is 0 Å². The fourth-order valence-electron chi connectivity index (χ4n) is 1.29. The van der Waals surface area contributed by atoms with Crippen LogP contribution in [-0.2, 0) is 4.79 Å². The van der Waals surface area contributed by atoms with E-state index < -0.39 is 6.17 Å². The molecule has 0 saturated carbocycles. The summed E-state index contributed by atoms with van der Waals surface area (Å²) in [5.41, 5.74) is 0. The first-order valence-corrected chi connectivity index (χ1v) is 5.24. The van der Waals surface area contributed by atoms with Crippen LogP contribution in [0.5, 0.6) is 0 Å². The minimum Gasteiger partial charge on any atom is -0.297 e. The summed E-state index contributed by atoms with van der Waals surface area (Å²) in [6, 6.07) is 0. The molecule has 1 aliphatic heterocycles. The van der Waals surface area contributed by atoms with Crippen LogP contribution >= 0.6 is 22.9 Å². The van der Waals surface area contributed by atoms with Crippen molar-refractivity contribution in [3.8, 4) is 0 Å². The minimum absolute atomic E-state index is 0.128. The van der Waals surface area contributed by atoms with Crippen molar-refractivity contribution in [3.05, 3.63) is 12.2 Å². The van der Waals surface area contributed by atoms with Gasteiger partial charge in [0.15, 0.2) is 0 Å². The highest BCUT2D eigenvalue weighted by atomic mass is 127. The largest absolute Gasteiger partial charge is 0.297 e. The van der Waals surface area contributed by atoms with E-state index in [2.05, 4.69) is 3.53 Å². The predicted molar refractivity (Wildman–Crippen MR) is 57.3 cm³/mol. The third-order valence-corrected chi connectivity index (χ3v) is 2.47. The van der Waals surface area contributed by atoms with Crippen molar-refractivity contribution in [3.63, 3.8) is 0 Å². The predicted octanol–water partition coefficient (Wildman–Crippen LogP) is 1.05. The fourth-order valence-corrected chi connectivity index (χ4v) is 1.47. The molecular formula is C8H12FIN2O. The monoisotopic (exact) mass is 298 g/mol. The second kappa shape index (κ2) is 5.54. The molecule has 1 rings (SSSR count). The fraction of sp³-hybridized carbons (Fsp3) is 0.625. The molecule has 1 N–H and O–H groups in total. The molecule has 13 heavy (non-hydrogen) atoms. The van der Waals surface area contributed by atoms with Crippen molar-refractivity contribution >= 4 is 28.8 Å². The van der Waals surface area contributed by atoms with Crippen LogP contribution < -0.4 is 3.53 Å². The van der Waals surface area contributed by atoms with Crippen molar-refractivity contribution < 1.29 is 9.18 Å². The molecule has 5 heteroatoms. The van der Waals surface area contributed by atoms with Gasteiger partial charge < -0.3 is 0 Å². The van der Waals surface area contributed by atoms with E-state index in [1.807, 2.05) is 4.90 Å². The van der Waals surface area contributed by atoms with Gasteiger partial charge in [-0.2, -0.15) is 0 Å². The number of rotatable bonds is 3. The molecule has 3 nitrogen and oxygen atoms in total. The van der Waals surface area contributed by atoms with Crippen molar-refractivity contribution in [1.82, 2.24) is 8.43 Å². The number of amides is 1. The number of carbonyl (C=O) groups is 1. The molecule has 74 valence electrons. The van der Waals surface area contributed by atoms with Gasteiger partial charge in [-0.1, -0.05) is 6.08 Å². The summed E-state index contributed by atoms with van der Waals surface area (Å²) < 4.78 is 15.1. The molecule has 1 amide bonds. The number of hydrogen-bond acceptors (Lipinski definition) is 2. The highest BCUT2D eigenvalue weighted by molar-refractivity contribution is 14.1. The van der Waals surface area contributed by atoms with E-state index in [1.165, 1.54) is 6.08 Å². The number of likely N-dealkylation sites (tertiary alicyclic amines) is 1. The van der Waals surface area contributed by atoms with Gasteiger partial charge in [0.25, 0.3) is 5.91 Å². The summed E-state index contributed by atoms with van der Waals surface area (Å²) in [5, 5.41) is 0. The molecule has 0 aromatic carbocycles. The smallest absolute Gasteiger partial charge is 0.252 e. The van der Waals surface area contributed by atoms with Crippen LogP contribution in [0.1, 0.15) is 6.42 Å². The van der Waals surface area contributed by atoms with E-state index in [0.29, 0.717) is 19.5 Å². The van der Waals surface area contributed by atoms with Gasteiger partial charge in [0.1, 0.15) is 6.17 Å². The van der Waals surface area contributed by atoms with Crippen molar-refractivity contribution in [2.24, 2.45) is 0 Å². The third-order valence-electron chi connectivity index (χ3n) is 1.94. The average molecular weight is 298 g/mol. The quantitative estimate of drug-likeness (QED) is 0.480. The lowest BCUT2D eigenvalue weighted by Gasteiger charge is -2.10. The first-order chi connectivity index (χ1) is 6.22. The highest BCUT2D eigenvalue weighted by Crippen LogP contribution is 2.11. The van der Waals surface area contributed by atoms with Gasteiger partial charge in [0.05, 0.1) is 22.9 Å². The van der Waals surface area contributed by atoms with Gasteiger partial charge in [-0.05, 0) is 6.42 Å². The number of halogens is 2.